The molecule has 4 heteroatoms. The van der Waals surface area contributed by atoms with Gasteiger partial charge in [-0.1, -0.05) is 12.1 Å². The Morgan fingerprint density at radius 3 is 2.71 bits per heavy atom. The molecular weight excluding hydrogens is 187 g/mol. The van der Waals surface area contributed by atoms with E-state index in [1.54, 1.807) is 6.07 Å². The van der Waals surface area contributed by atoms with Crippen molar-refractivity contribution in [3.05, 3.63) is 35.6 Å². The molecule has 1 unspecified atom stereocenters. The van der Waals surface area contributed by atoms with Crippen LogP contribution < -0.4 is 0 Å². The SMILES string of the molecule is CC(O)(Cc1cccc(F)c1)C(=O)O. The van der Waals surface area contributed by atoms with E-state index in [1.165, 1.54) is 25.1 Å². The Morgan fingerprint density at radius 1 is 1.57 bits per heavy atom. The Hall–Kier alpha value is -1.42. The zero-order chi connectivity index (χ0) is 10.8. The monoisotopic (exact) mass is 198 g/mol. The van der Waals surface area contributed by atoms with Gasteiger partial charge in [-0.25, -0.2) is 9.18 Å². The zero-order valence-electron chi connectivity index (χ0n) is 7.70. The fourth-order valence-electron chi connectivity index (χ4n) is 1.12. The average molecular weight is 198 g/mol. The summed E-state index contributed by atoms with van der Waals surface area (Å²) in [6.07, 6.45) is -0.111. The van der Waals surface area contributed by atoms with Gasteiger partial charge in [0.1, 0.15) is 5.82 Å². The summed E-state index contributed by atoms with van der Waals surface area (Å²) < 4.78 is 12.7. The largest absolute Gasteiger partial charge is 0.479 e. The quantitative estimate of drug-likeness (QED) is 0.767. The summed E-state index contributed by atoms with van der Waals surface area (Å²) in [7, 11) is 0. The van der Waals surface area contributed by atoms with Crippen molar-refractivity contribution in [2.45, 2.75) is 18.9 Å². The third kappa shape index (κ3) is 2.53. The molecule has 0 radical (unpaired) electrons. The molecule has 0 bridgehead atoms. The van der Waals surface area contributed by atoms with Crippen molar-refractivity contribution < 1.29 is 19.4 Å². The average Bonchev–Trinajstić information content (AvgIpc) is 2.02. The molecule has 2 N–H and O–H groups in total. The molecular formula is C10H11FO3. The Balaban J connectivity index is 2.83. The fraction of sp³-hybridized carbons (Fsp3) is 0.300. The van der Waals surface area contributed by atoms with Crippen molar-refractivity contribution in [2.24, 2.45) is 0 Å². The molecule has 76 valence electrons. The van der Waals surface area contributed by atoms with Crippen LogP contribution >= 0.6 is 0 Å². The third-order valence-corrected chi connectivity index (χ3v) is 1.90. The molecule has 1 aromatic rings. The Labute approximate surface area is 80.8 Å². The van der Waals surface area contributed by atoms with Crippen LogP contribution in [-0.2, 0) is 11.2 Å². The normalized spacial score (nSPS) is 14.8. The number of rotatable bonds is 3. The maximum atomic E-state index is 12.7. The van der Waals surface area contributed by atoms with Crippen molar-refractivity contribution in [2.75, 3.05) is 0 Å². The lowest BCUT2D eigenvalue weighted by atomic mass is 9.97. The summed E-state index contributed by atoms with van der Waals surface area (Å²) in [5.74, 6) is -1.76. The number of benzene rings is 1. The number of aliphatic carboxylic acids is 1. The summed E-state index contributed by atoms with van der Waals surface area (Å²) in [5, 5.41) is 18.0. The standard InChI is InChI=1S/C10H11FO3/c1-10(14,9(12)13)6-7-3-2-4-8(11)5-7/h2-5,14H,6H2,1H3,(H,12,13). The van der Waals surface area contributed by atoms with Crippen LogP contribution in [0.1, 0.15) is 12.5 Å². The van der Waals surface area contributed by atoms with E-state index < -0.39 is 17.4 Å². The number of hydrogen-bond donors (Lipinski definition) is 2. The van der Waals surface area contributed by atoms with E-state index in [0.717, 1.165) is 0 Å². The molecule has 0 amide bonds. The molecule has 0 saturated heterocycles. The van der Waals surface area contributed by atoms with E-state index >= 15 is 0 Å². The first kappa shape index (κ1) is 10.7. The maximum Gasteiger partial charge on any atom is 0.335 e. The highest BCUT2D eigenvalue weighted by molar-refractivity contribution is 5.76. The highest BCUT2D eigenvalue weighted by Gasteiger charge is 2.29. The highest BCUT2D eigenvalue weighted by atomic mass is 19.1. The van der Waals surface area contributed by atoms with Crippen LogP contribution in [0, 0.1) is 5.82 Å². The van der Waals surface area contributed by atoms with Gasteiger partial charge in [-0.2, -0.15) is 0 Å². The van der Waals surface area contributed by atoms with Crippen LogP contribution in [0.5, 0.6) is 0 Å². The first-order chi connectivity index (χ1) is 6.42. The van der Waals surface area contributed by atoms with E-state index in [2.05, 4.69) is 0 Å². The predicted octanol–water partition coefficient (Wildman–Crippen LogP) is 1.20. The second-order valence-corrected chi connectivity index (χ2v) is 3.39. The molecule has 0 aliphatic carbocycles. The van der Waals surface area contributed by atoms with Gasteiger partial charge in [0.2, 0.25) is 0 Å². The molecule has 1 atom stereocenters. The summed E-state index contributed by atoms with van der Waals surface area (Å²) >= 11 is 0. The lowest BCUT2D eigenvalue weighted by molar-refractivity contribution is -0.156. The smallest absolute Gasteiger partial charge is 0.335 e. The van der Waals surface area contributed by atoms with Crippen molar-refractivity contribution in [3.8, 4) is 0 Å². The summed E-state index contributed by atoms with van der Waals surface area (Å²) in [5.41, 5.74) is -1.40. The van der Waals surface area contributed by atoms with E-state index in [-0.39, 0.29) is 6.42 Å². The van der Waals surface area contributed by atoms with Crippen LogP contribution in [0.2, 0.25) is 0 Å². The highest BCUT2D eigenvalue weighted by Crippen LogP contribution is 2.14. The van der Waals surface area contributed by atoms with E-state index in [4.69, 9.17) is 5.11 Å². The first-order valence-corrected chi connectivity index (χ1v) is 4.12. The van der Waals surface area contributed by atoms with E-state index in [0.29, 0.717) is 5.56 Å². The Morgan fingerprint density at radius 2 is 2.21 bits per heavy atom. The van der Waals surface area contributed by atoms with Gasteiger partial charge in [0.05, 0.1) is 0 Å². The Kier molecular flexibility index (Phi) is 2.86. The van der Waals surface area contributed by atoms with Crippen LogP contribution in [0.25, 0.3) is 0 Å². The van der Waals surface area contributed by atoms with Crippen molar-refractivity contribution in [3.63, 3.8) is 0 Å². The Bertz CT molecular complexity index is 347. The van der Waals surface area contributed by atoms with E-state index in [1.807, 2.05) is 0 Å². The lowest BCUT2D eigenvalue weighted by Gasteiger charge is -2.17. The van der Waals surface area contributed by atoms with Gasteiger partial charge in [-0.15, -0.1) is 0 Å². The second-order valence-electron chi connectivity index (χ2n) is 3.39. The predicted molar refractivity (Wildman–Crippen MR) is 48.4 cm³/mol. The molecule has 0 aliphatic rings. The molecule has 0 aliphatic heterocycles. The van der Waals surface area contributed by atoms with Crippen LogP contribution in [0.4, 0.5) is 4.39 Å². The topological polar surface area (TPSA) is 57.5 Å². The van der Waals surface area contributed by atoms with E-state index in [9.17, 15) is 14.3 Å². The molecule has 14 heavy (non-hydrogen) atoms. The minimum Gasteiger partial charge on any atom is -0.479 e. The van der Waals surface area contributed by atoms with Crippen LogP contribution in [-0.4, -0.2) is 21.8 Å². The number of halogens is 1. The van der Waals surface area contributed by atoms with Gasteiger partial charge in [-0.3, -0.25) is 0 Å². The number of hydrogen-bond acceptors (Lipinski definition) is 2. The summed E-state index contributed by atoms with van der Waals surface area (Å²) in [6, 6.07) is 5.51. The first-order valence-electron chi connectivity index (χ1n) is 4.12. The molecule has 0 heterocycles. The third-order valence-electron chi connectivity index (χ3n) is 1.90. The van der Waals surface area contributed by atoms with Crippen LogP contribution in [0.15, 0.2) is 24.3 Å². The lowest BCUT2D eigenvalue weighted by Crippen LogP contribution is -2.37. The molecule has 3 nitrogen and oxygen atoms in total. The number of carboxylic acid groups (broad SMARTS) is 1. The number of aliphatic hydroxyl groups is 1. The van der Waals surface area contributed by atoms with Gasteiger partial charge in [0, 0.05) is 6.42 Å². The van der Waals surface area contributed by atoms with Crippen LogP contribution in [0.3, 0.4) is 0 Å². The molecule has 1 rings (SSSR count). The van der Waals surface area contributed by atoms with Gasteiger partial charge in [0.15, 0.2) is 5.60 Å². The molecule has 0 aromatic heterocycles. The molecule has 0 saturated carbocycles. The van der Waals surface area contributed by atoms with Gasteiger partial charge in [0.25, 0.3) is 0 Å². The summed E-state index contributed by atoms with van der Waals surface area (Å²) in [6.45, 7) is 1.18. The summed E-state index contributed by atoms with van der Waals surface area (Å²) in [4.78, 5) is 10.6. The molecule has 0 spiro atoms. The maximum absolute atomic E-state index is 12.7. The second kappa shape index (κ2) is 3.75. The minimum absolute atomic E-state index is 0.111. The van der Waals surface area contributed by atoms with Crippen molar-refractivity contribution in [1.29, 1.82) is 0 Å². The molecule has 1 aromatic carbocycles. The zero-order valence-corrected chi connectivity index (χ0v) is 7.70. The van der Waals surface area contributed by atoms with Crippen molar-refractivity contribution in [1.82, 2.24) is 0 Å². The van der Waals surface area contributed by atoms with Gasteiger partial charge < -0.3 is 10.2 Å². The minimum atomic E-state index is -1.85. The van der Waals surface area contributed by atoms with Crippen molar-refractivity contribution >= 4 is 5.97 Å². The number of carboxylic acids is 1. The van der Waals surface area contributed by atoms with Gasteiger partial charge >= 0.3 is 5.97 Å². The molecule has 0 fully saturated rings. The number of carbonyl (C=O) groups is 1. The van der Waals surface area contributed by atoms with Gasteiger partial charge in [-0.05, 0) is 24.6 Å². The fourth-order valence-corrected chi connectivity index (χ4v) is 1.12.